The Morgan fingerprint density at radius 2 is 1.56 bits per heavy atom. The second-order valence-corrected chi connectivity index (χ2v) is 6.60. The van der Waals surface area contributed by atoms with Crippen LogP contribution in [0.15, 0.2) is 30.3 Å². The van der Waals surface area contributed by atoms with Gasteiger partial charge in [-0.05, 0) is 19.9 Å². The van der Waals surface area contributed by atoms with Crippen LogP contribution in [-0.4, -0.2) is 58.0 Å². The van der Waals surface area contributed by atoms with Crippen molar-refractivity contribution in [1.29, 1.82) is 0 Å². The number of primary amides is 1. The molecule has 2 aliphatic heterocycles. The van der Waals surface area contributed by atoms with E-state index in [4.69, 9.17) is 0 Å². The molecule has 3 rings (SSSR count). The summed E-state index contributed by atoms with van der Waals surface area (Å²) in [4.78, 5) is 35.4. The van der Waals surface area contributed by atoms with Gasteiger partial charge < -0.3 is 15.9 Å². The van der Waals surface area contributed by atoms with Crippen molar-refractivity contribution in [1.82, 2.24) is 4.90 Å². The largest absolute Gasteiger partial charge is 0.481 e. The maximum Gasteiger partial charge on any atom is 0.310 e. The number of ketones is 1. The number of benzene rings is 1. The number of aliphatic carboxylic acids is 1. The molecule has 2 fully saturated rings. The molecule has 0 aliphatic carbocycles. The fourth-order valence-corrected chi connectivity index (χ4v) is 3.97. The molecular formula is C18H24N2O5. The zero-order valence-electron chi connectivity index (χ0n) is 14.3. The van der Waals surface area contributed by atoms with Gasteiger partial charge in [0.2, 0.25) is 5.91 Å². The molecule has 1 aromatic rings. The van der Waals surface area contributed by atoms with Gasteiger partial charge in [-0.2, -0.15) is 0 Å². The van der Waals surface area contributed by atoms with Crippen molar-refractivity contribution in [3.05, 3.63) is 35.9 Å². The first kappa shape index (κ1) is 19.1. The number of aliphatic hydroxyl groups excluding tert-OH is 1. The summed E-state index contributed by atoms with van der Waals surface area (Å²) in [5.41, 5.74) is 5.00. The van der Waals surface area contributed by atoms with Crippen LogP contribution in [0.3, 0.4) is 0 Å². The fourth-order valence-electron chi connectivity index (χ4n) is 3.97. The Morgan fingerprint density at radius 3 is 2.04 bits per heavy atom. The van der Waals surface area contributed by atoms with Crippen LogP contribution in [0.2, 0.25) is 0 Å². The maximum atomic E-state index is 12.7. The first-order valence-corrected chi connectivity index (χ1v) is 8.23. The molecule has 2 bridgehead atoms. The predicted molar refractivity (Wildman–Crippen MR) is 90.8 cm³/mol. The highest BCUT2D eigenvalue weighted by atomic mass is 16.4. The summed E-state index contributed by atoms with van der Waals surface area (Å²) >= 11 is 0. The second kappa shape index (κ2) is 7.76. The van der Waals surface area contributed by atoms with Crippen LogP contribution >= 0.6 is 0 Å². The lowest BCUT2D eigenvalue weighted by Gasteiger charge is -2.43. The number of carboxylic acids is 1. The van der Waals surface area contributed by atoms with Gasteiger partial charge in [0.1, 0.15) is 0 Å². The fraction of sp³-hybridized carbons (Fsp3) is 0.500. The van der Waals surface area contributed by atoms with Crippen molar-refractivity contribution in [2.24, 2.45) is 17.6 Å². The van der Waals surface area contributed by atoms with Crippen molar-refractivity contribution in [3.8, 4) is 0 Å². The number of piperidine rings is 1. The number of rotatable bonds is 3. The molecule has 0 aromatic heterocycles. The van der Waals surface area contributed by atoms with Gasteiger partial charge in [0, 0.05) is 24.6 Å². The number of amides is 1. The van der Waals surface area contributed by atoms with E-state index in [-0.39, 0.29) is 23.8 Å². The molecule has 0 saturated carbocycles. The molecule has 7 nitrogen and oxygen atoms in total. The first-order valence-electron chi connectivity index (χ1n) is 8.23. The molecule has 5 atom stereocenters. The Hall–Kier alpha value is -2.25. The third-order valence-electron chi connectivity index (χ3n) is 5.02. The van der Waals surface area contributed by atoms with Crippen LogP contribution in [0.5, 0.6) is 0 Å². The molecule has 2 saturated heterocycles. The van der Waals surface area contributed by atoms with E-state index in [1.165, 1.54) is 6.92 Å². The minimum atomic E-state index is -1.12. The number of nitrogens with two attached hydrogens (primary N) is 1. The highest BCUT2D eigenvalue weighted by molar-refractivity contribution is 5.99. The second-order valence-electron chi connectivity index (χ2n) is 6.60. The molecule has 1 amide bonds. The van der Waals surface area contributed by atoms with E-state index in [2.05, 4.69) is 5.73 Å². The smallest absolute Gasteiger partial charge is 0.310 e. The first-order chi connectivity index (χ1) is 11.8. The number of hydrogen-bond donors (Lipinski definition) is 3. The summed E-state index contributed by atoms with van der Waals surface area (Å²) in [6.45, 7) is 1.31. The van der Waals surface area contributed by atoms with Crippen molar-refractivity contribution in [2.75, 3.05) is 7.05 Å². The molecule has 1 unspecified atom stereocenters. The molecule has 2 aliphatic rings. The number of hydrogen-bond acceptors (Lipinski definition) is 5. The topological polar surface area (TPSA) is 121 Å². The van der Waals surface area contributed by atoms with Crippen LogP contribution < -0.4 is 5.73 Å². The molecule has 7 heteroatoms. The van der Waals surface area contributed by atoms with Crippen LogP contribution in [-0.2, 0) is 9.59 Å². The van der Waals surface area contributed by atoms with Gasteiger partial charge in [0.25, 0.3) is 0 Å². The van der Waals surface area contributed by atoms with Gasteiger partial charge in [-0.25, -0.2) is 0 Å². The number of Topliss-reactive ketones (excluding diaryl/α,β-unsaturated/α-hetero) is 1. The molecule has 0 radical (unpaired) electrons. The summed E-state index contributed by atoms with van der Waals surface area (Å²) in [6, 6.07) is 8.55. The zero-order valence-corrected chi connectivity index (χ0v) is 14.3. The minimum Gasteiger partial charge on any atom is -0.481 e. The Balaban J connectivity index is 0.000000511. The Bertz CT molecular complexity index is 644. The summed E-state index contributed by atoms with van der Waals surface area (Å²) < 4.78 is 0. The van der Waals surface area contributed by atoms with E-state index in [0.29, 0.717) is 12.0 Å². The molecule has 1 aromatic carbocycles. The van der Waals surface area contributed by atoms with Gasteiger partial charge in [0.15, 0.2) is 5.78 Å². The van der Waals surface area contributed by atoms with E-state index in [9.17, 15) is 24.6 Å². The van der Waals surface area contributed by atoms with Crippen LogP contribution in [0.1, 0.15) is 30.1 Å². The SMILES string of the molecule is CC(N)=O.CN1[C@@H]2CC[C@H]1C(C(=O)c1ccccc1)[C@H](O)[C@@H]2C(=O)O. The summed E-state index contributed by atoms with van der Waals surface area (Å²) in [5.74, 6) is -3.08. The number of carbonyl (C=O) groups is 3. The van der Waals surface area contributed by atoms with Gasteiger partial charge in [-0.1, -0.05) is 30.3 Å². The van der Waals surface area contributed by atoms with Crippen molar-refractivity contribution in [2.45, 2.75) is 38.0 Å². The van der Waals surface area contributed by atoms with Crippen molar-refractivity contribution >= 4 is 17.7 Å². The summed E-state index contributed by atoms with van der Waals surface area (Å²) in [7, 11) is 1.86. The number of carbonyl (C=O) groups excluding carboxylic acids is 2. The highest BCUT2D eigenvalue weighted by Gasteiger charge is 2.55. The number of fused-ring (bicyclic) bond motifs is 2. The van der Waals surface area contributed by atoms with Crippen LogP contribution in [0.25, 0.3) is 0 Å². The van der Waals surface area contributed by atoms with E-state index in [1.807, 2.05) is 18.0 Å². The summed E-state index contributed by atoms with van der Waals surface area (Å²) in [6.07, 6.45) is 0.350. The predicted octanol–water partition coefficient (Wildman–Crippen LogP) is 0.515. The molecule has 2 heterocycles. The van der Waals surface area contributed by atoms with E-state index < -0.39 is 23.9 Å². The lowest BCUT2D eigenvalue weighted by Crippen LogP contribution is -2.59. The van der Waals surface area contributed by atoms with E-state index in [1.54, 1.807) is 24.3 Å². The Morgan fingerprint density at radius 1 is 1.08 bits per heavy atom. The standard InChI is InChI=1S/C16H19NO4.C2H5NO/c1-17-10-7-8-11(17)13(16(20)21)15(19)12(10)14(18)9-5-3-2-4-6-9;1-2(3)4/h2-6,10-13,15,19H,7-8H2,1H3,(H,20,21);1H3,(H2,3,4)/t10-,11+,12?,13+,15-;/m0./s1. The van der Waals surface area contributed by atoms with Gasteiger partial charge in [-0.15, -0.1) is 0 Å². The Kier molecular flexibility index (Phi) is 5.92. The lowest BCUT2D eigenvalue weighted by atomic mass is 9.76. The third-order valence-corrected chi connectivity index (χ3v) is 5.02. The maximum absolute atomic E-state index is 12.7. The molecule has 136 valence electrons. The van der Waals surface area contributed by atoms with Crippen molar-refractivity contribution in [3.63, 3.8) is 0 Å². The third kappa shape index (κ3) is 3.88. The van der Waals surface area contributed by atoms with Crippen molar-refractivity contribution < 1.29 is 24.6 Å². The molecule has 25 heavy (non-hydrogen) atoms. The normalized spacial score (nSPS) is 30.9. The number of carboxylic acid groups (broad SMARTS) is 1. The Labute approximate surface area is 146 Å². The quantitative estimate of drug-likeness (QED) is 0.685. The molecule has 4 N–H and O–H groups in total. The molecular weight excluding hydrogens is 324 g/mol. The molecule has 0 spiro atoms. The number of aliphatic hydroxyl groups is 1. The zero-order chi connectivity index (χ0) is 18.7. The summed E-state index contributed by atoms with van der Waals surface area (Å²) in [5, 5.41) is 19.9. The minimum absolute atomic E-state index is 0.0756. The van der Waals surface area contributed by atoms with Crippen LogP contribution in [0, 0.1) is 11.8 Å². The lowest BCUT2D eigenvalue weighted by molar-refractivity contribution is -0.154. The van der Waals surface area contributed by atoms with Gasteiger partial charge >= 0.3 is 5.97 Å². The highest BCUT2D eigenvalue weighted by Crippen LogP contribution is 2.43. The van der Waals surface area contributed by atoms with Gasteiger partial charge in [0.05, 0.1) is 17.9 Å². The number of nitrogens with zero attached hydrogens (tertiary/aromatic N) is 1. The van der Waals surface area contributed by atoms with Crippen LogP contribution in [0.4, 0.5) is 0 Å². The average Bonchev–Trinajstić information content (AvgIpc) is 2.81. The van der Waals surface area contributed by atoms with Gasteiger partial charge in [-0.3, -0.25) is 19.3 Å². The van der Waals surface area contributed by atoms with E-state index >= 15 is 0 Å². The monoisotopic (exact) mass is 348 g/mol. The van der Waals surface area contributed by atoms with E-state index in [0.717, 1.165) is 6.42 Å². The average molecular weight is 348 g/mol.